The number of aromatic nitrogens is 1. The Morgan fingerprint density at radius 3 is 2.61 bits per heavy atom. The number of pyridine rings is 1. The standard InChI is InChI=1S/C13H21N3OS/c1-4-11(5-2)16-13(17)9(3)18-12-7-6-10(14)8-15-12/h6-9,11H,4-5,14H2,1-3H3,(H,16,17). The molecule has 1 rings (SSSR count). The van der Waals surface area contributed by atoms with Crippen LogP contribution in [0.1, 0.15) is 33.6 Å². The molecule has 0 bridgehead atoms. The molecule has 3 N–H and O–H groups in total. The van der Waals surface area contributed by atoms with Gasteiger partial charge in [0.1, 0.15) is 0 Å². The zero-order chi connectivity index (χ0) is 13.5. The Balaban J connectivity index is 2.51. The molecule has 1 heterocycles. The first kappa shape index (κ1) is 14.8. The summed E-state index contributed by atoms with van der Waals surface area (Å²) >= 11 is 1.44. The highest BCUT2D eigenvalue weighted by Crippen LogP contribution is 2.21. The lowest BCUT2D eigenvalue weighted by Gasteiger charge is -2.17. The molecular weight excluding hydrogens is 246 g/mol. The van der Waals surface area contributed by atoms with Crippen molar-refractivity contribution in [1.82, 2.24) is 10.3 Å². The van der Waals surface area contributed by atoms with E-state index >= 15 is 0 Å². The molecule has 100 valence electrons. The van der Waals surface area contributed by atoms with Gasteiger partial charge < -0.3 is 11.1 Å². The van der Waals surface area contributed by atoms with E-state index in [4.69, 9.17) is 5.73 Å². The van der Waals surface area contributed by atoms with Crippen LogP contribution in [0.15, 0.2) is 23.4 Å². The summed E-state index contributed by atoms with van der Waals surface area (Å²) in [5.74, 6) is 0.0623. The molecule has 0 aliphatic rings. The van der Waals surface area contributed by atoms with Crippen molar-refractivity contribution in [2.24, 2.45) is 0 Å². The van der Waals surface area contributed by atoms with Crippen LogP contribution in [0, 0.1) is 0 Å². The zero-order valence-corrected chi connectivity index (χ0v) is 12.0. The number of anilines is 1. The Labute approximate surface area is 113 Å². The predicted molar refractivity (Wildman–Crippen MR) is 76.5 cm³/mol. The van der Waals surface area contributed by atoms with Crippen LogP contribution in [-0.4, -0.2) is 22.2 Å². The highest BCUT2D eigenvalue weighted by molar-refractivity contribution is 8.00. The lowest BCUT2D eigenvalue weighted by atomic mass is 10.2. The predicted octanol–water partition coefficient (Wildman–Crippen LogP) is 2.45. The number of hydrogen-bond acceptors (Lipinski definition) is 4. The number of rotatable bonds is 6. The molecule has 0 saturated carbocycles. The van der Waals surface area contributed by atoms with E-state index < -0.39 is 0 Å². The largest absolute Gasteiger partial charge is 0.397 e. The molecule has 0 saturated heterocycles. The monoisotopic (exact) mass is 267 g/mol. The fourth-order valence-corrected chi connectivity index (χ4v) is 2.30. The first-order chi connectivity index (χ1) is 8.56. The molecule has 1 aromatic heterocycles. The van der Waals surface area contributed by atoms with Gasteiger partial charge in [0, 0.05) is 6.04 Å². The average Bonchev–Trinajstić information content (AvgIpc) is 2.38. The number of nitrogens with zero attached hydrogens (tertiary/aromatic N) is 1. The average molecular weight is 267 g/mol. The summed E-state index contributed by atoms with van der Waals surface area (Å²) in [6.07, 6.45) is 3.52. The molecule has 1 atom stereocenters. The van der Waals surface area contributed by atoms with E-state index in [9.17, 15) is 4.79 Å². The summed E-state index contributed by atoms with van der Waals surface area (Å²) in [4.78, 5) is 16.1. The Hall–Kier alpha value is -1.23. The van der Waals surface area contributed by atoms with Crippen molar-refractivity contribution in [1.29, 1.82) is 0 Å². The quantitative estimate of drug-likeness (QED) is 0.777. The number of amides is 1. The van der Waals surface area contributed by atoms with E-state index in [1.807, 2.05) is 13.0 Å². The topological polar surface area (TPSA) is 68.0 Å². The lowest BCUT2D eigenvalue weighted by Crippen LogP contribution is -2.38. The highest BCUT2D eigenvalue weighted by atomic mass is 32.2. The van der Waals surface area contributed by atoms with Crippen LogP contribution in [0.3, 0.4) is 0 Å². The molecule has 0 radical (unpaired) electrons. The van der Waals surface area contributed by atoms with E-state index in [-0.39, 0.29) is 17.2 Å². The van der Waals surface area contributed by atoms with Gasteiger partial charge >= 0.3 is 0 Å². The molecule has 18 heavy (non-hydrogen) atoms. The molecular formula is C13H21N3OS. The van der Waals surface area contributed by atoms with Gasteiger partial charge in [0.15, 0.2) is 0 Å². The van der Waals surface area contributed by atoms with Crippen molar-refractivity contribution in [3.63, 3.8) is 0 Å². The Morgan fingerprint density at radius 1 is 1.44 bits per heavy atom. The summed E-state index contributed by atoms with van der Waals surface area (Å²) in [5.41, 5.74) is 6.20. The van der Waals surface area contributed by atoms with E-state index in [0.717, 1.165) is 17.9 Å². The number of nitrogens with two attached hydrogens (primary N) is 1. The van der Waals surface area contributed by atoms with E-state index in [1.165, 1.54) is 11.8 Å². The van der Waals surface area contributed by atoms with Gasteiger partial charge in [-0.1, -0.05) is 25.6 Å². The van der Waals surface area contributed by atoms with Crippen molar-refractivity contribution >= 4 is 23.4 Å². The number of hydrogen-bond donors (Lipinski definition) is 2. The Morgan fingerprint density at radius 2 is 2.11 bits per heavy atom. The summed E-state index contributed by atoms with van der Waals surface area (Å²) in [5, 5.41) is 3.70. The Kier molecular flexibility index (Phi) is 5.98. The molecule has 0 spiro atoms. The van der Waals surface area contributed by atoms with Gasteiger partial charge in [-0.3, -0.25) is 4.79 Å². The van der Waals surface area contributed by atoms with Crippen molar-refractivity contribution in [2.45, 2.75) is 49.9 Å². The number of carbonyl (C=O) groups is 1. The smallest absolute Gasteiger partial charge is 0.233 e. The van der Waals surface area contributed by atoms with Gasteiger partial charge in [0.25, 0.3) is 0 Å². The molecule has 0 fully saturated rings. The maximum Gasteiger partial charge on any atom is 0.233 e. The maximum atomic E-state index is 12.0. The van der Waals surface area contributed by atoms with Gasteiger partial charge in [-0.15, -0.1) is 0 Å². The fourth-order valence-electron chi connectivity index (χ4n) is 1.51. The first-order valence-corrected chi connectivity index (χ1v) is 7.13. The van der Waals surface area contributed by atoms with Crippen LogP contribution in [0.25, 0.3) is 0 Å². The van der Waals surface area contributed by atoms with Crippen LogP contribution in [0.2, 0.25) is 0 Å². The third-order valence-electron chi connectivity index (χ3n) is 2.76. The third kappa shape index (κ3) is 4.56. The van der Waals surface area contributed by atoms with Crippen molar-refractivity contribution in [3.8, 4) is 0 Å². The van der Waals surface area contributed by atoms with Gasteiger partial charge in [0.2, 0.25) is 5.91 Å². The van der Waals surface area contributed by atoms with Gasteiger partial charge in [0.05, 0.1) is 22.2 Å². The summed E-state index contributed by atoms with van der Waals surface area (Å²) in [6.45, 7) is 6.04. The molecule has 4 nitrogen and oxygen atoms in total. The number of carbonyl (C=O) groups excluding carboxylic acids is 1. The van der Waals surface area contributed by atoms with Gasteiger partial charge in [-0.2, -0.15) is 0 Å². The van der Waals surface area contributed by atoms with Crippen molar-refractivity contribution in [2.75, 3.05) is 5.73 Å². The summed E-state index contributed by atoms with van der Waals surface area (Å²) < 4.78 is 0. The van der Waals surface area contributed by atoms with E-state index in [1.54, 1.807) is 12.3 Å². The minimum absolute atomic E-state index is 0.0623. The molecule has 1 amide bonds. The van der Waals surface area contributed by atoms with E-state index in [0.29, 0.717) is 5.69 Å². The molecule has 1 aromatic rings. The normalized spacial score (nSPS) is 12.4. The van der Waals surface area contributed by atoms with Gasteiger partial charge in [-0.05, 0) is 31.9 Å². The molecule has 0 aliphatic carbocycles. The SMILES string of the molecule is CCC(CC)NC(=O)C(C)Sc1ccc(N)cn1. The second-order valence-electron chi connectivity index (χ2n) is 4.21. The summed E-state index contributed by atoms with van der Waals surface area (Å²) in [7, 11) is 0. The second-order valence-corrected chi connectivity index (χ2v) is 5.57. The van der Waals surface area contributed by atoms with Crippen molar-refractivity contribution < 1.29 is 4.79 Å². The molecule has 0 aliphatic heterocycles. The summed E-state index contributed by atoms with van der Waals surface area (Å²) in [6, 6.07) is 3.89. The third-order valence-corrected chi connectivity index (χ3v) is 3.81. The minimum Gasteiger partial charge on any atom is -0.397 e. The number of nitrogens with one attached hydrogen (secondary N) is 1. The van der Waals surface area contributed by atoms with Crippen LogP contribution < -0.4 is 11.1 Å². The van der Waals surface area contributed by atoms with E-state index in [2.05, 4.69) is 24.1 Å². The van der Waals surface area contributed by atoms with Crippen LogP contribution in [0.4, 0.5) is 5.69 Å². The van der Waals surface area contributed by atoms with Crippen LogP contribution >= 0.6 is 11.8 Å². The van der Waals surface area contributed by atoms with Crippen LogP contribution in [-0.2, 0) is 4.79 Å². The molecule has 1 unspecified atom stereocenters. The Bertz CT molecular complexity index is 376. The van der Waals surface area contributed by atoms with Crippen molar-refractivity contribution in [3.05, 3.63) is 18.3 Å². The second kappa shape index (κ2) is 7.26. The number of thioether (sulfide) groups is 1. The molecule has 0 aromatic carbocycles. The fraction of sp³-hybridized carbons (Fsp3) is 0.538. The number of nitrogen functional groups attached to an aromatic ring is 1. The van der Waals surface area contributed by atoms with Gasteiger partial charge in [-0.25, -0.2) is 4.98 Å². The first-order valence-electron chi connectivity index (χ1n) is 6.25. The maximum absolute atomic E-state index is 12.0. The molecule has 5 heteroatoms. The lowest BCUT2D eigenvalue weighted by molar-refractivity contribution is -0.121. The highest BCUT2D eigenvalue weighted by Gasteiger charge is 2.17. The minimum atomic E-state index is -0.151. The zero-order valence-electron chi connectivity index (χ0n) is 11.1. The van der Waals surface area contributed by atoms with Crippen LogP contribution in [0.5, 0.6) is 0 Å².